The van der Waals surface area contributed by atoms with Crippen LogP contribution in [-0.4, -0.2) is 11.6 Å². The van der Waals surface area contributed by atoms with Crippen LogP contribution in [0.2, 0.25) is 0 Å². The lowest BCUT2D eigenvalue weighted by Gasteiger charge is -2.14. The summed E-state index contributed by atoms with van der Waals surface area (Å²) >= 11 is 0. The van der Waals surface area contributed by atoms with E-state index in [2.05, 4.69) is 4.98 Å². The molecular weight excluding hydrogens is 252 g/mol. The number of ether oxygens (including phenoxy) is 2. The predicted octanol–water partition coefficient (Wildman–Crippen LogP) is 2.83. The number of benzene rings is 1. The number of hydrogen-bond acceptors (Lipinski definition) is 4. The normalized spacial score (nSPS) is 10.3. The van der Waals surface area contributed by atoms with Crippen LogP contribution in [0, 0.1) is 6.92 Å². The second kappa shape index (κ2) is 6.91. The highest BCUT2D eigenvalue weighted by Gasteiger charge is 2.12. The smallest absolute Gasteiger partial charge is 0.222 e. The minimum absolute atomic E-state index is 0.340. The first-order chi connectivity index (χ1) is 9.74. The van der Waals surface area contributed by atoms with E-state index in [0.717, 1.165) is 22.6 Å². The number of aryl methyl sites for hydroxylation is 1. The third-order valence-electron chi connectivity index (χ3n) is 2.90. The number of nitrogens with zero attached hydrogens (tertiary/aromatic N) is 1. The Morgan fingerprint density at radius 1 is 1.15 bits per heavy atom. The molecule has 20 heavy (non-hydrogen) atoms. The van der Waals surface area contributed by atoms with Gasteiger partial charge >= 0.3 is 0 Å². The van der Waals surface area contributed by atoms with E-state index in [1.54, 1.807) is 0 Å². The highest BCUT2D eigenvalue weighted by molar-refractivity contribution is 5.42. The molecule has 2 aromatic rings. The van der Waals surface area contributed by atoms with Gasteiger partial charge in [0.2, 0.25) is 5.88 Å². The van der Waals surface area contributed by atoms with E-state index >= 15 is 0 Å². The molecule has 0 aliphatic heterocycles. The molecule has 0 bridgehead atoms. The van der Waals surface area contributed by atoms with Crippen molar-refractivity contribution in [2.75, 3.05) is 6.61 Å². The molecule has 0 saturated heterocycles. The lowest BCUT2D eigenvalue weighted by Crippen LogP contribution is -2.08. The van der Waals surface area contributed by atoms with Gasteiger partial charge in [-0.3, -0.25) is 0 Å². The van der Waals surface area contributed by atoms with Crippen LogP contribution in [0.25, 0.3) is 0 Å². The van der Waals surface area contributed by atoms with E-state index in [0.29, 0.717) is 25.6 Å². The molecule has 1 aromatic heterocycles. The molecule has 0 radical (unpaired) electrons. The number of hydrogen-bond donors (Lipinski definition) is 1. The minimum atomic E-state index is 0.340. The fourth-order valence-electron chi connectivity index (χ4n) is 1.96. The quantitative estimate of drug-likeness (QED) is 0.878. The molecule has 4 heteroatoms. The predicted molar refractivity (Wildman–Crippen MR) is 78.8 cm³/mol. The molecule has 0 spiro atoms. The van der Waals surface area contributed by atoms with Crippen molar-refractivity contribution in [2.45, 2.75) is 27.0 Å². The third-order valence-corrected chi connectivity index (χ3v) is 2.90. The Morgan fingerprint density at radius 3 is 2.55 bits per heavy atom. The third kappa shape index (κ3) is 3.48. The molecule has 2 rings (SSSR count). The Labute approximate surface area is 119 Å². The number of pyridine rings is 1. The van der Waals surface area contributed by atoms with Crippen molar-refractivity contribution < 1.29 is 9.47 Å². The summed E-state index contributed by atoms with van der Waals surface area (Å²) in [5, 5.41) is 0. The molecule has 0 unspecified atom stereocenters. The fraction of sp³-hybridized carbons (Fsp3) is 0.312. The van der Waals surface area contributed by atoms with Crippen LogP contribution in [0.5, 0.6) is 11.6 Å². The van der Waals surface area contributed by atoms with Crippen molar-refractivity contribution in [3.05, 3.63) is 53.2 Å². The van der Waals surface area contributed by atoms with E-state index < -0.39 is 0 Å². The summed E-state index contributed by atoms with van der Waals surface area (Å²) in [5.41, 5.74) is 8.56. The molecule has 1 heterocycles. The average molecular weight is 272 g/mol. The van der Waals surface area contributed by atoms with Gasteiger partial charge in [0.15, 0.2) is 0 Å². The maximum atomic E-state index is 5.81. The minimum Gasteiger partial charge on any atom is -0.493 e. The lowest BCUT2D eigenvalue weighted by atomic mass is 10.2. The van der Waals surface area contributed by atoms with E-state index in [4.69, 9.17) is 15.2 Å². The molecule has 0 atom stereocenters. The van der Waals surface area contributed by atoms with Crippen molar-refractivity contribution >= 4 is 0 Å². The van der Waals surface area contributed by atoms with Gasteiger partial charge in [-0.25, -0.2) is 4.98 Å². The zero-order valence-corrected chi connectivity index (χ0v) is 11.9. The zero-order valence-electron chi connectivity index (χ0n) is 11.9. The maximum absolute atomic E-state index is 5.81. The van der Waals surface area contributed by atoms with Crippen molar-refractivity contribution in [3.63, 3.8) is 0 Å². The van der Waals surface area contributed by atoms with Crippen LogP contribution in [0.15, 0.2) is 36.4 Å². The first-order valence-electron chi connectivity index (χ1n) is 6.74. The van der Waals surface area contributed by atoms with E-state index in [-0.39, 0.29) is 0 Å². The molecule has 0 saturated carbocycles. The molecule has 4 nitrogen and oxygen atoms in total. The monoisotopic (exact) mass is 272 g/mol. The highest BCUT2D eigenvalue weighted by atomic mass is 16.5. The van der Waals surface area contributed by atoms with Gasteiger partial charge in [-0.1, -0.05) is 30.3 Å². The number of nitrogens with two attached hydrogens (primary N) is 1. The molecule has 1 aromatic carbocycles. The van der Waals surface area contributed by atoms with Crippen LogP contribution >= 0.6 is 0 Å². The van der Waals surface area contributed by atoms with Gasteiger partial charge in [0, 0.05) is 18.3 Å². The van der Waals surface area contributed by atoms with Crippen molar-refractivity contribution in [1.29, 1.82) is 0 Å². The average Bonchev–Trinajstić information content (AvgIpc) is 2.46. The summed E-state index contributed by atoms with van der Waals surface area (Å²) in [4.78, 5) is 4.42. The molecule has 0 amide bonds. The number of rotatable bonds is 6. The lowest BCUT2D eigenvalue weighted by molar-refractivity contribution is 0.282. The second-order valence-corrected chi connectivity index (χ2v) is 4.46. The molecular formula is C16H20N2O2. The highest BCUT2D eigenvalue weighted by Crippen LogP contribution is 2.28. The summed E-state index contributed by atoms with van der Waals surface area (Å²) < 4.78 is 11.4. The largest absolute Gasteiger partial charge is 0.493 e. The first-order valence-corrected chi connectivity index (χ1v) is 6.74. The Kier molecular flexibility index (Phi) is 4.96. The molecule has 0 aliphatic rings. The van der Waals surface area contributed by atoms with Gasteiger partial charge < -0.3 is 15.2 Å². The zero-order chi connectivity index (χ0) is 14.4. The molecule has 0 fully saturated rings. The summed E-state index contributed by atoms with van der Waals surface area (Å²) in [6.45, 7) is 5.26. The molecule has 106 valence electrons. The van der Waals surface area contributed by atoms with Crippen molar-refractivity contribution in [2.24, 2.45) is 5.73 Å². The van der Waals surface area contributed by atoms with E-state index in [1.165, 1.54) is 0 Å². The number of aromatic nitrogens is 1. The Balaban J connectivity index is 2.21. The topological polar surface area (TPSA) is 57.4 Å². The summed E-state index contributed by atoms with van der Waals surface area (Å²) in [7, 11) is 0. The van der Waals surface area contributed by atoms with Crippen LogP contribution in [0.3, 0.4) is 0 Å². The fourth-order valence-corrected chi connectivity index (χ4v) is 1.96. The van der Waals surface area contributed by atoms with Crippen molar-refractivity contribution in [1.82, 2.24) is 4.98 Å². The molecule has 0 aliphatic carbocycles. The van der Waals surface area contributed by atoms with Crippen LogP contribution in [-0.2, 0) is 13.2 Å². The molecule has 2 N–H and O–H groups in total. The van der Waals surface area contributed by atoms with Crippen LogP contribution in [0.4, 0.5) is 0 Å². The standard InChI is InChI=1S/C16H20N2O2/c1-3-19-15-9-12(2)18-16(14(15)10-17)20-11-13-7-5-4-6-8-13/h4-9H,3,10-11,17H2,1-2H3. The van der Waals surface area contributed by atoms with Crippen molar-refractivity contribution in [3.8, 4) is 11.6 Å². The van der Waals surface area contributed by atoms with Gasteiger partial charge in [-0.05, 0) is 19.4 Å². The van der Waals surface area contributed by atoms with Gasteiger partial charge in [0.1, 0.15) is 12.4 Å². The van der Waals surface area contributed by atoms with Gasteiger partial charge in [-0.2, -0.15) is 0 Å². The van der Waals surface area contributed by atoms with E-state index in [9.17, 15) is 0 Å². The van der Waals surface area contributed by atoms with Crippen LogP contribution < -0.4 is 15.2 Å². The SMILES string of the molecule is CCOc1cc(C)nc(OCc2ccccc2)c1CN. The first kappa shape index (κ1) is 14.3. The second-order valence-electron chi connectivity index (χ2n) is 4.46. The summed E-state index contributed by atoms with van der Waals surface area (Å²) in [6.07, 6.45) is 0. The summed E-state index contributed by atoms with van der Waals surface area (Å²) in [6, 6.07) is 11.9. The maximum Gasteiger partial charge on any atom is 0.222 e. The summed E-state index contributed by atoms with van der Waals surface area (Å²) in [5.74, 6) is 1.31. The van der Waals surface area contributed by atoms with Gasteiger partial charge in [-0.15, -0.1) is 0 Å². The van der Waals surface area contributed by atoms with Gasteiger partial charge in [0.25, 0.3) is 0 Å². The Bertz CT molecular complexity index is 556. The Morgan fingerprint density at radius 2 is 1.90 bits per heavy atom. The van der Waals surface area contributed by atoms with Gasteiger partial charge in [0.05, 0.1) is 12.2 Å². The Hall–Kier alpha value is -2.07. The van der Waals surface area contributed by atoms with E-state index in [1.807, 2.05) is 50.2 Å². The van der Waals surface area contributed by atoms with Crippen LogP contribution in [0.1, 0.15) is 23.7 Å².